The zero-order valence-electron chi connectivity index (χ0n) is 29.0. The van der Waals surface area contributed by atoms with Gasteiger partial charge in [-0.25, -0.2) is 15.0 Å². The first-order valence-electron chi connectivity index (χ1n) is 18.1. The fourth-order valence-corrected chi connectivity index (χ4v) is 7.96. The highest BCUT2D eigenvalue weighted by Crippen LogP contribution is 2.43. The maximum atomic E-state index is 6.69. The fraction of sp³-hybridized carbons (Fsp3) is 0. The van der Waals surface area contributed by atoms with E-state index in [1.807, 2.05) is 72.8 Å². The molecule has 11 aromatic rings. The average molecular weight is 691 g/mol. The number of benzene rings is 8. The zero-order chi connectivity index (χ0) is 35.6. The Balaban J connectivity index is 1.26. The molecule has 3 aromatic heterocycles. The highest BCUT2D eigenvalue weighted by atomic mass is 16.3. The first-order valence-corrected chi connectivity index (χ1v) is 18.1. The summed E-state index contributed by atoms with van der Waals surface area (Å²) in [7, 11) is 0. The van der Waals surface area contributed by atoms with Crippen molar-refractivity contribution in [1.82, 2.24) is 19.5 Å². The Hall–Kier alpha value is -7.37. The lowest BCUT2D eigenvalue weighted by Crippen LogP contribution is -2.01. The third-order valence-corrected chi connectivity index (χ3v) is 10.4. The molecule has 0 aliphatic carbocycles. The Kier molecular flexibility index (Phi) is 6.79. The van der Waals surface area contributed by atoms with Crippen molar-refractivity contribution in [2.24, 2.45) is 0 Å². The van der Waals surface area contributed by atoms with E-state index in [2.05, 4.69) is 114 Å². The van der Waals surface area contributed by atoms with Crippen LogP contribution in [0.5, 0.6) is 0 Å². The summed E-state index contributed by atoms with van der Waals surface area (Å²) in [5, 5.41) is 6.75. The smallest absolute Gasteiger partial charge is 0.164 e. The van der Waals surface area contributed by atoms with Gasteiger partial charge in [0.1, 0.15) is 11.2 Å². The molecule has 0 N–H and O–H groups in total. The van der Waals surface area contributed by atoms with E-state index in [9.17, 15) is 0 Å². The van der Waals surface area contributed by atoms with Gasteiger partial charge in [0.05, 0.1) is 16.7 Å². The predicted molar refractivity (Wildman–Crippen MR) is 221 cm³/mol. The van der Waals surface area contributed by atoms with Crippen molar-refractivity contribution in [3.8, 4) is 51.0 Å². The van der Waals surface area contributed by atoms with Crippen molar-refractivity contribution in [1.29, 1.82) is 0 Å². The molecule has 0 amide bonds. The van der Waals surface area contributed by atoms with Crippen molar-refractivity contribution in [2.45, 2.75) is 0 Å². The van der Waals surface area contributed by atoms with E-state index in [1.165, 1.54) is 32.7 Å². The minimum absolute atomic E-state index is 0.581. The molecule has 0 aliphatic rings. The van der Waals surface area contributed by atoms with Crippen LogP contribution in [0.2, 0.25) is 0 Å². The molecular formula is C49H30N4O. The molecule has 3 heterocycles. The molecule has 0 spiro atoms. The molecule has 0 radical (unpaired) electrons. The Bertz CT molecular complexity index is 3140. The molecule has 0 bridgehead atoms. The fourth-order valence-electron chi connectivity index (χ4n) is 7.96. The molecule has 0 atom stereocenters. The molecule has 252 valence electrons. The monoisotopic (exact) mass is 690 g/mol. The van der Waals surface area contributed by atoms with Crippen LogP contribution in [0.25, 0.3) is 105 Å². The summed E-state index contributed by atoms with van der Waals surface area (Å²) in [6.45, 7) is 0. The SMILES string of the molecule is c1ccc(-c2nc(-c3ccccc3)nc(-c3cc(-n4c5cc6ccccc6cc5c5c(-c6ccccc6)cccc54)cc4oc5ccccc5c34)n2)cc1. The summed E-state index contributed by atoms with van der Waals surface area (Å²) in [6, 6.07) is 63.3. The highest BCUT2D eigenvalue weighted by molar-refractivity contribution is 6.19. The van der Waals surface area contributed by atoms with Crippen LogP contribution in [0.4, 0.5) is 0 Å². The second-order valence-electron chi connectivity index (χ2n) is 13.6. The molecule has 8 aromatic carbocycles. The molecular weight excluding hydrogens is 661 g/mol. The van der Waals surface area contributed by atoms with E-state index in [4.69, 9.17) is 19.4 Å². The molecule has 0 aliphatic heterocycles. The number of rotatable bonds is 5. The van der Waals surface area contributed by atoms with Gasteiger partial charge in [0, 0.05) is 44.3 Å². The topological polar surface area (TPSA) is 56.7 Å². The largest absolute Gasteiger partial charge is 0.456 e. The van der Waals surface area contributed by atoms with Gasteiger partial charge >= 0.3 is 0 Å². The third kappa shape index (κ3) is 4.83. The maximum Gasteiger partial charge on any atom is 0.164 e. The maximum absolute atomic E-state index is 6.69. The van der Waals surface area contributed by atoms with E-state index in [-0.39, 0.29) is 0 Å². The Morgan fingerprint density at radius 3 is 1.67 bits per heavy atom. The van der Waals surface area contributed by atoms with Gasteiger partial charge in [0.25, 0.3) is 0 Å². The van der Waals surface area contributed by atoms with Crippen LogP contribution in [0.1, 0.15) is 0 Å². The number of aromatic nitrogens is 4. The molecule has 0 unspecified atom stereocenters. The molecule has 54 heavy (non-hydrogen) atoms. The van der Waals surface area contributed by atoms with E-state index in [0.29, 0.717) is 17.5 Å². The molecule has 0 saturated carbocycles. The van der Waals surface area contributed by atoms with E-state index >= 15 is 0 Å². The van der Waals surface area contributed by atoms with Gasteiger partial charge in [-0.1, -0.05) is 146 Å². The number of para-hydroxylation sites is 1. The van der Waals surface area contributed by atoms with Gasteiger partial charge in [0.15, 0.2) is 17.5 Å². The van der Waals surface area contributed by atoms with Gasteiger partial charge in [-0.3, -0.25) is 0 Å². The van der Waals surface area contributed by atoms with Gasteiger partial charge in [-0.15, -0.1) is 0 Å². The predicted octanol–water partition coefficient (Wildman–Crippen LogP) is 12.7. The van der Waals surface area contributed by atoms with Gasteiger partial charge < -0.3 is 8.98 Å². The number of hydrogen-bond acceptors (Lipinski definition) is 4. The summed E-state index contributed by atoms with van der Waals surface area (Å²) in [5.74, 6) is 1.81. The summed E-state index contributed by atoms with van der Waals surface area (Å²) >= 11 is 0. The lowest BCUT2D eigenvalue weighted by molar-refractivity contribution is 0.668. The normalized spacial score (nSPS) is 11.7. The van der Waals surface area contributed by atoms with Crippen LogP contribution in [0.3, 0.4) is 0 Å². The van der Waals surface area contributed by atoms with Crippen LogP contribution in [-0.2, 0) is 0 Å². The van der Waals surface area contributed by atoms with Crippen LogP contribution < -0.4 is 0 Å². The van der Waals surface area contributed by atoms with Crippen molar-refractivity contribution >= 4 is 54.5 Å². The van der Waals surface area contributed by atoms with Crippen LogP contribution in [-0.4, -0.2) is 19.5 Å². The Morgan fingerprint density at radius 2 is 0.963 bits per heavy atom. The van der Waals surface area contributed by atoms with Gasteiger partial charge in [-0.05, 0) is 52.2 Å². The van der Waals surface area contributed by atoms with E-state index in [0.717, 1.165) is 55.3 Å². The van der Waals surface area contributed by atoms with Crippen LogP contribution >= 0.6 is 0 Å². The van der Waals surface area contributed by atoms with E-state index < -0.39 is 0 Å². The van der Waals surface area contributed by atoms with E-state index in [1.54, 1.807) is 0 Å². The van der Waals surface area contributed by atoms with Crippen molar-refractivity contribution < 1.29 is 4.42 Å². The number of nitrogens with zero attached hydrogens (tertiary/aromatic N) is 4. The molecule has 0 fully saturated rings. The lowest BCUT2D eigenvalue weighted by Gasteiger charge is -2.13. The molecule has 5 nitrogen and oxygen atoms in total. The van der Waals surface area contributed by atoms with Crippen molar-refractivity contribution in [3.63, 3.8) is 0 Å². The Labute approximate surface area is 310 Å². The molecule has 0 saturated heterocycles. The minimum atomic E-state index is 0.581. The number of furan rings is 1. The molecule has 11 rings (SSSR count). The number of fused-ring (bicyclic) bond motifs is 7. The van der Waals surface area contributed by atoms with Crippen LogP contribution in [0.15, 0.2) is 186 Å². The average Bonchev–Trinajstić information content (AvgIpc) is 3.78. The van der Waals surface area contributed by atoms with Crippen LogP contribution in [0, 0.1) is 0 Å². The number of hydrogen-bond donors (Lipinski definition) is 0. The Morgan fingerprint density at radius 1 is 0.370 bits per heavy atom. The third-order valence-electron chi connectivity index (χ3n) is 10.4. The first-order chi connectivity index (χ1) is 26.8. The quantitative estimate of drug-likeness (QED) is 0.180. The van der Waals surface area contributed by atoms with Gasteiger partial charge in [0.2, 0.25) is 0 Å². The highest BCUT2D eigenvalue weighted by Gasteiger charge is 2.22. The molecule has 5 heteroatoms. The zero-order valence-corrected chi connectivity index (χ0v) is 29.0. The van der Waals surface area contributed by atoms with Crippen molar-refractivity contribution in [2.75, 3.05) is 0 Å². The second kappa shape index (κ2) is 12.1. The lowest BCUT2D eigenvalue weighted by atomic mass is 9.98. The first kappa shape index (κ1) is 30.3. The summed E-state index contributed by atoms with van der Waals surface area (Å²) < 4.78 is 9.06. The standard InChI is InChI=1S/C49H30N4O/c1-4-15-31(16-5-1)37-24-14-25-41-45(37)39-27-34-21-10-11-22-35(34)28-42(39)53(41)36-29-40(46-38-23-12-13-26-43(38)54-44(46)30-36)49-51-47(32-17-6-2-7-18-32)50-48(52-49)33-19-8-3-9-20-33/h1-30H. The minimum Gasteiger partial charge on any atom is -0.456 e. The summed E-state index contributed by atoms with van der Waals surface area (Å²) in [6.07, 6.45) is 0. The summed E-state index contributed by atoms with van der Waals surface area (Å²) in [5.41, 5.74) is 9.83. The second-order valence-corrected chi connectivity index (χ2v) is 13.6. The van der Waals surface area contributed by atoms with Gasteiger partial charge in [-0.2, -0.15) is 0 Å². The summed E-state index contributed by atoms with van der Waals surface area (Å²) in [4.78, 5) is 15.4. The van der Waals surface area contributed by atoms with Crippen molar-refractivity contribution in [3.05, 3.63) is 182 Å².